The largest absolute Gasteiger partial charge is 0.457 e. The Kier molecular flexibility index (Phi) is 4.62. The second-order valence-electron chi connectivity index (χ2n) is 5.09. The fraction of sp³-hybridized carbons (Fsp3) is 0.176. The molecule has 0 atom stereocenters. The number of nitrogens with zero attached hydrogens (tertiary/aromatic N) is 1. The second kappa shape index (κ2) is 6.51. The van der Waals surface area contributed by atoms with E-state index in [1.54, 1.807) is 11.0 Å². The third kappa shape index (κ3) is 3.22. The number of rotatable bonds is 3. The number of benzene rings is 1. The Morgan fingerprint density at radius 1 is 1.35 bits per heavy atom. The van der Waals surface area contributed by atoms with Crippen LogP contribution in [0.1, 0.15) is 18.2 Å². The molecule has 3 nitrogen and oxygen atoms in total. The normalized spacial score (nSPS) is 16.7. The molecule has 118 valence electrons. The van der Waals surface area contributed by atoms with Crippen LogP contribution in [0, 0.1) is 6.92 Å². The smallest absolute Gasteiger partial charge is 0.266 e. The highest BCUT2D eigenvalue weighted by Crippen LogP contribution is 2.33. The van der Waals surface area contributed by atoms with E-state index in [4.69, 9.17) is 28.2 Å². The van der Waals surface area contributed by atoms with Crippen LogP contribution in [0.4, 0.5) is 0 Å². The molecule has 0 radical (unpaired) electrons. The topological polar surface area (TPSA) is 33.5 Å². The van der Waals surface area contributed by atoms with E-state index < -0.39 is 0 Å². The number of carbonyl (C=O) groups is 1. The van der Waals surface area contributed by atoms with Gasteiger partial charge in [0.25, 0.3) is 5.91 Å². The van der Waals surface area contributed by atoms with Crippen molar-refractivity contribution in [3.8, 4) is 11.3 Å². The maximum Gasteiger partial charge on any atom is 0.266 e. The molecule has 2 heterocycles. The van der Waals surface area contributed by atoms with Gasteiger partial charge in [-0.3, -0.25) is 9.69 Å². The van der Waals surface area contributed by atoms with Crippen LogP contribution in [-0.4, -0.2) is 21.7 Å². The Bertz CT molecular complexity index is 826. The first-order chi connectivity index (χ1) is 11.0. The highest BCUT2D eigenvalue weighted by molar-refractivity contribution is 8.26. The summed E-state index contributed by atoms with van der Waals surface area (Å²) < 4.78 is 6.40. The highest BCUT2D eigenvalue weighted by atomic mass is 35.5. The van der Waals surface area contributed by atoms with E-state index in [1.165, 1.54) is 11.8 Å². The molecular formula is C17H14ClNO2S2. The van der Waals surface area contributed by atoms with Gasteiger partial charge in [0.2, 0.25) is 0 Å². The van der Waals surface area contributed by atoms with Crippen molar-refractivity contribution in [2.75, 3.05) is 6.54 Å². The molecule has 1 aliphatic heterocycles. The molecule has 1 aliphatic rings. The van der Waals surface area contributed by atoms with E-state index in [9.17, 15) is 4.79 Å². The average Bonchev–Trinajstić information content (AvgIpc) is 3.08. The Morgan fingerprint density at radius 2 is 2.13 bits per heavy atom. The lowest BCUT2D eigenvalue weighted by Crippen LogP contribution is -2.27. The highest BCUT2D eigenvalue weighted by Gasteiger charge is 2.30. The number of hydrogen-bond acceptors (Lipinski definition) is 4. The number of carbonyl (C=O) groups excluding carboxylic acids is 1. The van der Waals surface area contributed by atoms with Crippen LogP contribution in [0.2, 0.25) is 5.02 Å². The first-order valence-corrected chi connectivity index (χ1v) is 8.71. The molecule has 1 amide bonds. The summed E-state index contributed by atoms with van der Waals surface area (Å²) in [4.78, 5) is 14.4. The second-order valence-corrected chi connectivity index (χ2v) is 7.17. The van der Waals surface area contributed by atoms with Crippen LogP contribution >= 0.6 is 35.6 Å². The van der Waals surface area contributed by atoms with Gasteiger partial charge in [-0.15, -0.1) is 0 Å². The number of amides is 1. The monoisotopic (exact) mass is 363 g/mol. The molecule has 1 aromatic carbocycles. The molecule has 0 spiro atoms. The van der Waals surface area contributed by atoms with Gasteiger partial charge in [-0.05, 0) is 37.6 Å². The molecule has 2 aromatic rings. The fourth-order valence-corrected chi connectivity index (χ4v) is 3.78. The van der Waals surface area contributed by atoms with Gasteiger partial charge < -0.3 is 4.42 Å². The Balaban J connectivity index is 1.88. The Labute approximate surface area is 149 Å². The van der Waals surface area contributed by atoms with Crippen LogP contribution < -0.4 is 0 Å². The lowest BCUT2D eigenvalue weighted by Gasteiger charge is -2.09. The van der Waals surface area contributed by atoms with Gasteiger partial charge in [0.05, 0.1) is 4.91 Å². The summed E-state index contributed by atoms with van der Waals surface area (Å²) in [5.41, 5.74) is 1.92. The van der Waals surface area contributed by atoms with Crippen molar-refractivity contribution < 1.29 is 9.21 Å². The van der Waals surface area contributed by atoms with Crippen LogP contribution in [0.3, 0.4) is 0 Å². The van der Waals surface area contributed by atoms with E-state index in [2.05, 4.69) is 0 Å². The first kappa shape index (κ1) is 16.3. The van der Waals surface area contributed by atoms with Crippen LogP contribution in [0.15, 0.2) is 39.7 Å². The quantitative estimate of drug-likeness (QED) is 0.559. The van der Waals surface area contributed by atoms with Gasteiger partial charge in [0, 0.05) is 23.2 Å². The lowest BCUT2D eigenvalue weighted by molar-refractivity contribution is -0.121. The van der Waals surface area contributed by atoms with Gasteiger partial charge >= 0.3 is 0 Å². The van der Waals surface area contributed by atoms with Crippen molar-refractivity contribution in [2.24, 2.45) is 0 Å². The van der Waals surface area contributed by atoms with Crippen LogP contribution in [0.5, 0.6) is 0 Å². The molecular weight excluding hydrogens is 350 g/mol. The zero-order valence-corrected chi connectivity index (χ0v) is 15.0. The van der Waals surface area contributed by atoms with Crippen LogP contribution in [0.25, 0.3) is 17.4 Å². The van der Waals surface area contributed by atoms with Crippen molar-refractivity contribution in [1.82, 2.24) is 4.90 Å². The summed E-state index contributed by atoms with van der Waals surface area (Å²) in [6.45, 7) is 4.43. The number of thiocarbonyl (C=S) groups is 1. The van der Waals surface area contributed by atoms with Gasteiger partial charge in [0.15, 0.2) is 0 Å². The molecule has 0 aliphatic carbocycles. The summed E-state index contributed by atoms with van der Waals surface area (Å²) in [6.07, 6.45) is 1.73. The van der Waals surface area contributed by atoms with E-state index >= 15 is 0 Å². The molecule has 0 N–H and O–H groups in total. The Morgan fingerprint density at radius 3 is 2.78 bits per heavy atom. The molecule has 3 rings (SSSR count). The zero-order chi connectivity index (χ0) is 16.6. The van der Waals surface area contributed by atoms with Gasteiger partial charge in [-0.1, -0.05) is 47.7 Å². The number of thioether (sulfide) groups is 1. The summed E-state index contributed by atoms with van der Waals surface area (Å²) in [5.74, 6) is 1.26. The number of hydrogen-bond donors (Lipinski definition) is 0. The SMILES string of the molecule is CCN1C(=O)C(=Cc2ccc(-c3ccc(C)c(Cl)c3)o2)SC1=S. The van der Waals surface area contributed by atoms with E-state index in [1.807, 2.05) is 44.2 Å². The minimum absolute atomic E-state index is 0.0705. The molecule has 0 saturated carbocycles. The van der Waals surface area contributed by atoms with Gasteiger partial charge in [-0.25, -0.2) is 0 Å². The molecule has 1 aromatic heterocycles. The molecule has 1 fully saturated rings. The predicted octanol–water partition coefficient (Wildman–Crippen LogP) is 5.13. The Hall–Kier alpha value is -1.56. The maximum absolute atomic E-state index is 12.2. The molecule has 1 saturated heterocycles. The first-order valence-electron chi connectivity index (χ1n) is 7.11. The average molecular weight is 364 g/mol. The van der Waals surface area contributed by atoms with Crippen molar-refractivity contribution in [3.63, 3.8) is 0 Å². The summed E-state index contributed by atoms with van der Waals surface area (Å²) in [6, 6.07) is 9.48. The van der Waals surface area contributed by atoms with Crippen molar-refractivity contribution in [2.45, 2.75) is 13.8 Å². The van der Waals surface area contributed by atoms with Gasteiger partial charge in [0.1, 0.15) is 15.8 Å². The summed E-state index contributed by atoms with van der Waals surface area (Å²) >= 11 is 12.7. The van der Waals surface area contributed by atoms with Crippen molar-refractivity contribution in [1.29, 1.82) is 0 Å². The molecule has 0 unspecified atom stereocenters. The van der Waals surface area contributed by atoms with Crippen LogP contribution in [-0.2, 0) is 4.79 Å². The lowest BCUT2D eigenvalue weighted by atomic mass is 10.1. The van der Waals surface area contributed by atoms with Crippen molar-refractivity contribution >= 4 is 51.9 Å². The van der Waals surface area contributed by atoms with Crippen molar-refractivity contribution in [3.05, 3.63) is 51.6 Å². The summed E-state index contributed by atoms with van der Waals surface area (Å²) in [7, 11) is 0. The molecule has 0 bridgehead atoms. The minimum Gasteiger partial charge on any atom is -0.457 e. The standard InChI is InChI=1S/C17H14ClNO2S2/c1-3-19-16(20)15(23-17(19)22)9-12-6-7-14(21-12)11-5-4-10(2)13(18)8-11/h4-9H,3H2,1-2H3. The van der Waals surface area contributed by atoms with Gasteiger partial charge in [-0.2, -0.15) is 0 Å². The third-order valence-corrected chi connectivity index (χ3v) is 5.33. The van der Waals surface area contributed by atoms with E-state index in [0.717, 1.165) is 11.1 Å². The molecule has 6 heteroatoms. The number of aryl methyl sites for hydroxylation is 1. The zero-order valence-electron chi connectivity index (χ0n) is 12.6. The number of furan rings is 1. The number of halogens is 1. The number of likely N-dealkylation sites (N-methyl/N-ethyl adjacent to an activating group) is 1. The van der Waals surface area contributed by atoms with E-state index in [-0.39, 0.29) is 5.91 Å². The minimum atomic E-state index is -0.0705. The summed E-state index contributed by atoms with van der Waals surface area (Å²) in [5, 5.41) is 0.698. The third-order valence-electron chi connectivity index (χ3n) is 3.55. The predicted molar refractivity (Wildman–Crippen MR) is 99.4 cm³/mol. The maximum atomic E-state index is 12.2. The van der Waals surface area contributed by atoms with E-state index in [0.29, 0.717) is 32.3 Å². The molecule has 23 heavy (non-hydrogen) atoms. The fourth-order valence-electron chi connectivity index (χ4n) is 2.23.